The van der Waals surface area contributed by atoms with Gasteiger partial charge in [0, 0.05) is 17.7 Å². The summed E-state index contributed by atoms with van der Waals surface area (Å²) in [4.78, 5) is 11.6. The molecule has 1 aromatic heterocycles. The second kappa shape index (κ2) is 7.86. The van der Waals surface area contributed by atoms with Gasteiger partial charge in [0.15, 0.2) is 0 Å². The van der Waals surface area contributed by atoms with Gasteiger partial charge in [-0.2, -0.15) is 0 Å². The molecule has 0 radical (unpaired) electrons. The molecular weight excluding hydrogens is 304 g/mol. The van der Waals surface area contributed by atoms with Crippen LogP contribution < -0.4 is 10.4 Å². The average Bonchev–Trinajstić information content (AvgIpc) is 2.53. The highest BCUT2D eigenvalue weighted by Gasteiger charge is 2.14. The van der Waals surface area contributed by atoms with E-state index in [1.807, 2.05) is 0 Å². The third-order valence-electron chi connectivity index (χ3n) is 3.91. The lowest BCUT2D eigenvalue weighted by molar-refractivity contribution is 0.403. The van der Waals surface area contributed by atoms with Crippen molar-refractivity contribution in [2.24, 2.45) is 0 Å². The molecule has 1 heterocycles. The van der Waals surface area contributed by atoms with E-state index < -0.39 is 5.63 Å². The van der Waals surface area contributed by atoms with Gasteiger partial charge < -0.3 is 14.3 Å². The Bertz CT molecular complexity index is 837. The minimum absolute atomic E-state index is 0.0404. The number of methoxy groups -OCH3 is 1. The summed E-state index contributed by atoms with van der Waals surface area (Å²) in [5.74, 6) is 0.557. The number of phenols is 1. The van der Waals surface area contributed by atoms with E-state index in [4.69, 9.17) is 9.15 Å². The third kappa shape index (κ3) is 4.28. The van der Waals surface area contributed by atoms with E-state index in [1.165, 1.54) is 24.3 Å². The number of hydrogen-bond donors (Lipinski definition) is 1. The summed E-state index contributed by atoms with van der Waals surface area (Å²) in [6.45, 7) is 6.27. The van der Waals surface area contributed by atoms with Gasteiger partial charge in [-0.3, -0.25) is 0 Å². The van der Waals surface area contributed by atoms with Crippen LogP contribution in [-0.2, 0) is 6.42 Å². The molecule has 0 aliphatic heterocycles. The molecule has 128 valence electrons. The van der Waals surface area contributed by atoms with Crippen LogP contribution >= 0.6 is 0 Å². The second-order valence-electron chi connectivity index (χ2n) is 6.15. The van der Waals surface area contributed by atoms with Gasteiger partial charge in [0.25, 0.3) is 0 Å². The van der Waals surface area contributed by atoms with Crippen molar-refractivity contribution in [1.29, 1.82) is 0 Å². The lowest BCUT2D eigenvalue weighted by Crippen LogP contribution is -1.99. The van der Waals surface area contributed by atoms with Crippen molar-refractivity contribution in [3.63, 3.8) is 0 Å². The summed E-state index contributed by atoms with van der Waals surface area (Å²) >= 11 is 0. The quantitative estimate of drug-likeness (QED) is 0.614. The van der Waals surface area contributed by atoms with E-state index in [9.17, 15) is 9.90 Å². The first kappa shape index (κ1) is 17.9. The number of benzene rings is 1. The van der Waals surface area contributed by atoms with Gasteiger partial charge in [-0.15, -0.1) is 0 Å². The molecule has 1 N–H and O–H groups in total. The summed E-state index contributed by atoms with van der Waals surface area (Å²) in [6, 6.07) is 4.44. The molecule has 2 aromatic rings. The SMILES string of the molecule is COc1cc(O)c2ccc(=O)oc2c1CC=C(C)CCC=C(C)C. The van der Waals surface area contributed by atoms with Crippen molar-refractivity contribution in [3.05, 3.63) is 57.5 Å². The summed E-state index contributed by atoms with van der Waals surface area (Å²) in [5.41, 5.74) is 3.28. The van der Waals surface area contributed by atoms with Crippen LogP contribution in [0.25, 0.3) is 11.0 Å². The Morgan fingerprint density at radius 2 is 2.00 bits per heavy atom. The molecule has 0 bridgehead atoms. The lowest BCUT2D eigenvalue weighted by atomic mass is 10.0. The average molecular weight is 328 g/mol. The summed E-state index contributed by atoms with van der Waals surface area (Å²) < 4.78 is 10.7. The zero-order chi connectivity index (χ0) is 17.7. The normalized spacial score (nSPS) is 11.6. The molecular formula is C20H24O4. The summed E-state index contributed by atoms with van der Waals surface area (Å²) in [7, 11) is 1.54. The number of fused-ring (bicyclic) bond motifs is 1. The van der Waals surface area contributed by atoms with Gasteiger partial charge in [0.05, 0.1) is 12.5 Å². The van der Waals surface area contributed by atoms with Crippen LogP contribution in [0, 0.1) is 0 Å². The molecule has 4 heteroatoms. The monoisotopic (exact) mass is 328 g/mol. The molecule has 0 amide bonds. The van der Waals surface area contributed by atoms with E-state index in [0.29, 0.717) is 23.1 Å². The van der Waals surface area contributed by atoms with Gasteiger partial charge in [-0.05, 0) is 46.1 Å². The second-order valence-corrected chi connectivity index (χ2v) is 6.15. The largest absolute Gasteiger partial charge is 0.507 e. The minimum atomic E-state index is -0.444. The molecule has 0 aliphatic carbocycles. The predicted molar refractivity (Wildman–Crippen MR) is 96.8 cm³/mol. The van der Waals surface area contributed by atoms with Crippen molar-refractivity contribution >= 4 is 11.0 Å². The molecule has 2 rings (SSSR count). The first-order valence-corrected chi connectivity index (χ1v) is 8.04. The smallest absolute Gasteiger partial charge is 0.336 e. The van der Waals surface area contributed by atoms with Crippen molar-refractivity contribution in [1.82, 2.24) is 0 Å². The molecule has 0 spiro atoms. The number of ether oxygens (including phenoxy) is 1. The van der Waals surface area contributed by atoms with Gasteiger partial charge in [0.1, 0.15) is 17.1 Å². The number of phenolic OH excluding ortho intramolecular Hbond substituents is 1. The van der Waals surface area contributed by atoms with Gasteiger partial charge >= 0.3 is 5.63 Å². The van der Waals surface area contributed by atoms with Crippen molar-refractivity contribution in [3.8, 4) is 11.5 Å². The lowest BCUT2D eigenvalue weighted by Gasteiger charge is -2.11. The van der Waals surface area contributed by atoms with Crippen molar-refractivity contribution in [2.45, 2.75) is 40.0 Å². The van der Waals surface area contributed by atoms with Gasteiger partial charge in [-0.25, -0.2) is 4.79 Å². The highest BCUT2D eigenvalue weighted by Crippen LogP contribution is 2.35. The minimum Gasteiger partial charge on any atom is -0.507 e. The number of aromatic hydroxyl groups is 1. The first-order valence-electron chi connectivity index (χ1n) is 8.04. The maximum atomic E-state index is 11.6. The van der Waals surface area contributed by atoms with E-state index in [-0.39, 0.29) is 5.75 Å². The fraction of sp³-hybridized carbons (Fsp3) is 0.350. The summed E-state index contributed by atoms with van der Waals surface area (Å²) in [6.07, 6.45) is 6.89. The Kier molecular flexibility index (Phi) is 5.85. The molecule has 0 unspecified atom stereocenters. The van der Waals surface area contributed by atoms with E-state index in [1.54, 1.807) is 12.1 Å². The van der Waals surface area contributed by atoms with Gasteiger partial charge in [-0.1, -0.05) is 23.3 Å². The van der Waals surface area contributed by atoms with Crippen LogP contribution in [0.5, 0.6) is 11.5 Å². The standard InChI is InChI=1S/C20H24O4/c1-13(2)6-5-7-14(3)8-9-16-18(23-4)12-17(21)15-10-11-19(22)24-20(15)16/h6,8,10-12,21H,5,7,9H2,1-4H3. The first-order chi connectivity index (χ1) is 11.4. The Morgan fingerprint density at radius 1 is 1.25 bits per heavy atom. The molecule has 0 fully saturated rings. The maximum absolute atomic E-state index is 11.6. The molecule has 0 atom stereocenters. The van der Waals surface area contributed by atoms with Crippen LogP contribution in [0.3, 0.4) is 0 Å². The van der Waals surface area contributed by atoms with Crippen LogP contribution in [0.15, 0.2) is 50.7 Å². The van der Waals surface area contributed by atoms with Crippen LogP contribution in [0.1, 0.15) is 39.2 Å². The van der Waals surface area contributed by atoms with Gasteiger partial charge in [0.2, 0.25) is 0 Å². The van der Waals surface area contributed by atoms with E-state index in [0.717, 1.165) is 18.4 Å². The van der Waals surface area contributed by atoms with Crippen molar-refractivity contribution in [2.75, 3.05) is 7.11 Å². The molecule has 1 aromatic carbocycles. The molecule has 0 saturated heterocycles. The zero-order valence-electron chi connectivity index (χ0n) is 14.7. The molecule has 0 aliphatic rings. The third-order valence-corrected chi connectivity index (χ3v) is 3.91. The fourth-order valence-electron chi connectivity index (χ4n) is 2.59. The Balaban J connectivity index is 2.36. The topological polar surface area (TPSA) is 59.7 Å². The highest BCUT2D eigenvalue weighted by atomic mass is 16.5. The zero-order valence-corrected chi connectivity index (χ0v) is 14.7. The van der Waals surface area contributed by atoms with Crippen LogP contribution in [0.4, 0.5) is 0 Å². The predicted octanol–water partition coefficient (Wildman–Crippen LogP) is 4.74. The summed E-state index contributed by atoms with van der Waals surface area (Å²) in [5, 5.41) is 10.6. The van der Waals surface area contributed by atoms with E-state index >= 15 is 0 Å². The number of allylic oxidation sites excluding steroid dienone is 4. The Labute approximate surface area is 142 Å². The molecule has 24 heavy (non-hydrogen) atoms. The number of hydrogen-bond acceptors (Lipinski definition) is 4. The Morgan fingerprint density at radius 3 is 2.67 bits per heavy atom. The Hall–Kier alpha value is -2.49. The maximum Gasteiger partial charge on any atom is 0.336 e. The van der Waals surface area contributed by atoms with Crippen LogP contribution in [0.2, 0.25) is 0 Å². The fourth-order valence-corrected chi connectivity index (χ4v) is 2.59. The van der Waals surface area contributed by atoms with E-state index in [2.05, 4.69) is 32.9 Å². The van der Waals surface area contributed by atoms with Crippen LogP contribution in [-0.4, -0.2) is 12.2 Å². The van der Waals surface area contributed by atoms with Crippen molar-refractivity contribution < 1.29 is 14.3 Å². The molecule has 0 saturated carbocycles. The number of rotatable bonds is 6. The molecule has 4 nitrogen and oxygen atoms in total. The highest BCUT2D eigenvalue weighted by molar-refractivity contribution is 5.88.